The number of likely N-dealkylation sites (N-methyl/N-ethyl adjacent to an activating group) is 1. The van der Waals surface area contributed by atoms with Gasteiger partial charge in [0, 0.05) is 5.57 Å². The largest absolute Gasteiger partial charge is 0.872 e. The van der Waals surface area contributed by atoms with E-state index < -0.39 is 29.3 Å². The zero-order chi connectivity index (χ0) is 27.4. The summed E-state index contributed by atoms with van der Waals surface area (Å²) in [5.74, 6) is -2.30. The Morgan fingerprint density at radius 3 is 2.14 bits per heavy atom. The molecular formula is C27H33FN2O7. The zero-order valence-electron chi connectivity index (χ0n) is 22.1. The number of hydrogen-bond donors (Lipinski definition) is 1. The molecule has 0 saturated carbocycles. The summed E-state index contributed by atoms with van der Waals surface area (Å²) in [5, 5.41) is 13.7. The molecule has 1 aliphatic heterocycles. The van der Waals surface area contributed by atoms with Gasteiger partial charge < -0.3 is 33.9 Å². The van der Waals surface area contributed by atoms with Crippen LogP contribution < -0.4 is 29.0 Å². The molecule has 1 N–H and O–H groups in total. The van der Waals surface area contributed by atoms with E-state index in [1.807, 2.05) is 14.1 Å². The summed E-state index contributed by atoms with van der Waals surface area (Å²) in [7, 11) is 8.17. The molecule has 0 aliphatic carbocycles. The number of nitrogens with zero attached hydrogens (tertiary/aromatic N) is 1. The summed E-state index contributed by atoms with van der Waals surface area (Å²) in [6, 6.07) is 5.90. The second-order valence-electron chi connectivity index (χ2n) is 9.20. The van der Waals surface area contributed by atoms with Crippen molar-refractivity contribution in [3.63, 3.8) is 0 Å². The van der Waals surface area contributed by atoms with Crippen molar-refractivity contribution in [1.29, 1.82) is 0 Å². The minimum absolute atomic E-state index is 0.0119. The first kappa shape index (κ1) is 27.8. The molecule has 3 rings (SSSR count). The van der Waals surface area contributed by atoms with Crippen LogP contribution in [0.25, 0.3) is 5.76 Å². The Hall–Kier alpha value is -3.79. The predicted octanol–water partition coefficient (Wildman–Crippen LogP) is 1.01. The topological polar surface area (TPSA) is 102 Å². The Bertz CT molecular complexity index is 1180. The average Bonchev–Trinajstić information content (AvgIpc) is 3.11. The minimum Gasteiger partial charge on any atom is -0.872 e. The predicted molar refractivity (Wildman–Crippen MR) is 132 cm³/mol. The number of hydrogen-bond acceptors (Lipinski definition) is 7. The quantitative estimate of drug-likeness (QED) is 0.286. The normalized spacial score (nSPS) is 17.0. The Labute approximate surface area is 216 Å². The number of nitrogens with one attached hydrogen (secondary N) is 1. The number of Topliss-reactive ketones (excluding diaryl/α,β-unsaturated/α-hetero) is 1. The summed E-state index contributed by atoms with van der Waals surface area (Å²) in [4.78, 5) is 28.8. The number of benzene rings is 2. The van der Waals surface area contributed by atoms with Gasteiger partial charge >= 0.3 is 0 Å². The molecule has 1 saturated heterocycles. The van der Waals surface area contributed by atoms with Crippen molar-refractivity contribution in [2.45, 2.75) is 26.0 Å². The number of methoxy groups -OCH3 is 3. The maximum absolute atomic E-state index is 14.7. The molecule has 1 atom stereocenters. The zero-order valence-corrected chi connectivity index (χ0v) is 22.1. The fraction of sp³-hybridized carbons (Fsp3) is 0.407. The molecule has 0 aromatic heterocycles. The molecule has 0 spiro atoms. The van der Waals surface area contributed by atoms with Crippen molar-refractivity contribution >= 4 is 17.4 Å². The molecule has 2 aromatic carbocycles. The SMILES string of the molecule is COc1cc(C2C(=C([O-])c3ccc(OC(C)C)c(F)c3)C(=O)C(=O)N2CC[NH+](C)C)cc(OC)c1OC. The molecule has 2 aromatic rings. The van der Waals surface area contributed by atoms with Crippen LogP contribution in [0.4, 0.5) is 4.39 Å². The van der Waals surface area contributed by atoms with Gasteiger partial charge in [0.25, 0.3) is 5.91 Å². The van der Waals surface area contributed by atoms with E-state index >= 15 is 0 Å². The van der Waals surface area contributed by atoms with Crippen LogP contribution in [0, 0.1) is 5.82 Å². The van der Waals surface area contributed by atoms with Crippen molar-refractivity contribution in [3.05, 3.63) is 52.8 Å². The Kier molecular flexibility index (Phi) is 8.65. The van der Waals surface area contributed by atoms with Crippen LogP contribution in [0.15, 0.2) is 35.9 Å². The Morgan fingerprint density at radius 2 is 1.65 bits per heavy atom. The highest BCUT2D eigenvalue weighted by atomic mass is 19.1. The van der Waals surface area contributed by atoms with Crippen molar-refractivity contribution in [1.82, 2.24) is 4.90 Å². The number of carbonyl (C=O) groups is 2. The minimum atomic E-state index is -1.03. The van der Waals surface area contributed by atoms with Crippen LogP contribution in [0.1, 0.15) is 31.0 Å². The first-order valence-corrected chi connectivity index (χ1v) is 11.9. The van der Waals surface area contributed by atoms with E-state index in [-0.39, 0.29) is 29.5 Å². The molecule has 200 valence electrons. The summed E-state index contributed by atoms with van der Waals surface area (Å²) < 4.78 is 36.4. The molecule has 1 fully saturated rings. The standard InChI is InChI=1S/C27H33FN2O7/c1-15(2)37-19-9-8-16(12-18(19)28)24(31)22-23(30(11-10-29(3)4)27(33)25(22)32)17-13-20(34-5)26(36-7)21(14-17)35-6/h8-9,12-15,23,31H,10-11H2,1-7H3. The van der Waals surface area contributed by atoms with Crippen molar-refractivity contribution in [2.75, 3.05) is 48.5 Å². The molecule has 0 bridgehead atoms. The van der Waals surface area contributed by atoms with Crippen molar-refractivity contribution < 1.29 is 42.9 Å². The van der Waals surface area contributed by atoms with Gasteiger partial charge in [0.2, 0.25) is 11.5 Å². The lowest BCUT2D eigenvalue weighted by Gasteiger charge is -2.28. The number of halogens is 1. The molecule has 1 amide bonds. The van der Waals surface area contributed by atoms with E-state index in [0.717, 1.165) is 11.0 Å². The third kappa shape index (κ3) is 5.64. The Balaban J connectivity index is 2.23. The fourth-order valence-electron chi connectivity index (χ4n) is 4.20. The van der Waals surface area contributed by atoms with Gasteiger partial charge in [-0.15, -0.1) is 0 Å². The first-order valence-electron chi connectivity index (χ1n) is 11.9. The number of amides is 1. The van der Waals surface area contributed by atoms with Gasteiger partial charge in [-0.2, -0.15) is 0 Å². The molecule has 10 heteroatoms. The number of rotatable bonds is 10. The lowest BCUT2D eigenvalue weighted by atomic mass is 9.94. The van der Waals surface area contributed by atoms with Gasteiger partial charge in [0.1, 0.15) is 0 Å². The van der Waals surface area contributed by atoms with Crippen LogP contribution >= 0.6 is 0 Å². The molecule has 1 unspecified atom stereocenters. The maximum atomic E-state index is 14.7. The van der Waals surface area contributed by atoms with Crippen LogP contribution in [-0.4, -0.2) is 71.2 Å². The molecule has 1 aliphatic rings. The van der Waals surface area contributed by atoms with Gasteiger partial charge in [0.05, 0.1) is 60.7 Å². The summed E-state index contributed by atoms with van der Waals surface area (Å²) in [5.41, 5.74) is 0.0817. The molecular weight excluding hydrogens is 483 g/mol. The second kappa shape index (κ2) is 11.5. The highest BCUT2D eigenvalue weighted by Crippen LogP contribution is 2.45. The molecule has 0 radical (unpaired) electrons. The monoisotopic (exact) mass is 516 g/mol. The third-order valence-electron chi connectivity index (χ3n) is 5.94. The number of carbonyl (C=O) groups excluding carboxylic acids is 2. The van der Waals surface area contributed by atoms with Crippen molar-refractivity contribution in [3.8, 4) is 23.0 Å². The van der Waals surface area contributed by atoms with Gasteiger partial charge in [-0.3, -0.25) is 9.59 Å². The molecule has 9 nitrogen and oxygen atoms in total. The van der Waals surface area contributed by atoms with E-state index in [1.165, 1.54) is 38.4 Å². The van der Waals surface area contributed by atoms with Crippen molar-refractivity contribution in [2.24, 2.45) is 0 Å². The van der Waals surface area contributed by atoms with Crippen LogP contribution in [0.5, 0.6) is 23.0 Å². The number of quaternary nitrogens is 1. The van der Waals surface area contributed by atoms with Crippen LogP contribution in [0.3, 0.4) is 0 Å². The highest BCUT2D eigenvalue weighted by Gasteiger charge is 2.45. The van der Waals surface area contributed by atoms with E-state index in [2.05, 4.69) is 0 Å². The van der Waals surface area contributed by atoms with E-state index in [0.29, 0.717) is 29.4 Å². The van der Waals surface area contributed by atoms with Gasteiger partial charge in [-0.1, -0.05) is 11.8 Å². The number of ketones is 1. The molecule has 1 heterocycles. The lowest BCUT2D eigenvalue weighted by molar-refractivity contribution is -0.857. The first-order chi connectivity index (χ1) is 17.5. The van der Waals surface area contributed by atoms with Crippen LogP contribution in [-0.2, 0) is 9.59 Å². The highest BCUT2D eigenvalue weighted by molar-refractivity contribution is 6.46. The summed E-state index contributed by atoms with van der Waals surface area (Å²) in [6.07, 6.45) is -0.267. The fourth-order valence-corrected chi connectivity index (χ4v) is 4.20. The smallest absolute Gasteiger partial charge is 0.295 e. The van der Waals surface area contributed by atoms with Gasteiger partial charge in [-0.25, -0.2) is 4.39 Å². The third-order valence-corrected chi connectivity index (χ3v) is 5.94. The Morgan fingerprint density at radius 1 is 1.03 bits per heavy atom. The summed E-state index contributed by atoms with van der Waals surface area (Å²) >= 11 is 0. The van der Waals surface area contributed by atoms with E-state index in [1.54, 1.807) is 26.0 Å². The second-order valence-corrected chi connectivity index (χ2v) is 9.20. The molecule has 37 heavy (non-hydrogen) atoms. The van der Waals surface area contributed by atoms with E-state index in [4.69, 9.17) is 18.9 Å². The van der Waals surface area contributed by atoms with Gasteiger partial charge in [-0.05, 0) is 49.2 Å². The maximum Gasteiger partial charge on any atom is 0.295 e. The number of ether oxygens (including phenoxy) is 4. The van der Waals surface area contributed by atoms with Crippen LogP contribution in [0.2, 0.25) is 0 Å². The van der Waals surface area contributed by atoms with Gasteiger partial charge in [0.15, 0.2) is 23.1 Å². The summed E-state index contributed by atoms with van der Waals surface area (Å²) in [6.45, 7) is 4.24. The average molecular weight is 517 g/mol. The number of likely N-dealkylation sites (tertiary alicyclic amines) is 1. The lowest BCUT2D eigenvalue weighted by Crippen LogP contribution is -3.06. The van der Waals surface area contributed by atoms with E-state index in [9.17, 15) is 19.1 Å².